The third-order valence-corrected chi connectivity index (χ3v) is 8.81. The van der Waals surface area contributed by atoms with Gasteiger partial charge in [0.05, 0.1) is 19.3 Å². The molecule has 11 heteroatoms. The molecule has 4 heterocycles. The second kappa shape index (κ2) is 12.7. The van der Waals surface area contributed by atoms with E-state index in [1.165, 1.54) is 5.69 Å². The molecule has 3 aliphatic heterocycles. The molecule has 2 N–H and O–H groups in total. The molecule has 3 fully saturated rings. The SMILES string of the molecule is C[C@@H]1COCCN1c1nc(-c2ccc(NC(=O)Nc3ccc(N4CCN(C)CC4)cc3)cc2)nc(N2[C@H](C)CC[C@@H]2C)n1. The van der Waals surface area contributed by atoms with Gasteiger partial charge in [0.15, 0.2) is 5.82 Å². The van der Waals surface area contributed by atoms with Crippen molar-refractivity contribution in [2.45, 2.75) is 51.7 Å². The Morgan fingerprint density at radius 3 is 2.00 bits per heavy atom. The molecule has 3 aliphatic rings. The molecule has 0 spiro atoms. The molecular weight excluding hydrogens is 542 g/mol. The van der Waals surface area contributed by atoms with Crippen LogP contribution in [0.5, 0.6) is 0 Å². The van der Waals surface area contributed by atoms with Crippen LogP contribution in [0.3, 0.4) is 0 Å². The van der Waals surface area contributed by atoms with E-state index in [0.717, 1.165) is 62.8 Å². The molecule has 0 unspecified atom stereocenters. The lowest BCUT2D eigenvalue weighted by molar-refractivity contribution is 0.0981. The van der Waals surface area contributed by atoms with Crippen LogP contribution >= 0.6 is 0 Å². The number of ether oxygens (including phenoxy) is 1. The minimum atomic E-state index is -0.289. The minimum Gasteiger partial charge on any atom is -0.377 e. The van der Waals surface area contributed by atoms with Gasteiger partial charge < -0.3 is 35.0 Å². The first-order valence-corrected chi connectivity index (χ1v) is 15.4. The van der Waals surface area contributed by atoms with Crippen LogP contribution in [0.4, 0.5) is 33.8 Å². The van der Waals surface area contributed by atoms with Gasteiger partial charge in [-0.1, -0.05) is 0 Å². The average molecular weight is 586 g/mol. The summed E-state index contributed by atoms with van der Waals surface area (Å²) in [6, 6.07) is 16.3. The summed E-state index contributed by atoms with van der Waals surface area (Å²) in [6.07, 6.45) is 2.24. The Balaban J connectivity index is 1.15. The van der Waals surface area contributed by atoms with Gasteiger partial charge in [0.1, 0.15) is 0 Å². The first-order chi connectivity index (χ1) is 20.8. The van der Waals surface area contributed by atoms with Gasteiger partial charge in [-0.15, -0.1) is 0 Å². The quantitative estimate of drug-likeness (QED) is 0.432. The van der Waals surface area contributed by atoms with E-state index in [9.17, 15) is 4.79 Å². The van der Waals surface area contributed by atoms with Crippen molar-refractivity contribution in [1.29, 1.82) is 0 Å². The van der Waals surface area contributed by atoms with Gasteiger partial charge in [0, 0.05) is 67.4 Å². The summed E-state index contributed by atoms with van der Waals surface area (Å²) in [4.78, 5) is 36.8. The van der Waals surface area contributed by atoms with E-state index in [0.29, 0.717) is 42.8 Å². The van der Waals surface area contributed by atoms with Crippen LogP contribution in [-0.2, 0) is 4.74 Å². The zero-order valence-corrected chi connectivity index (χ0v) is 25.7. The van der Waals surface area contributed by atoms with E-state index >= 15 is 0 Å². The first-order valence-electron chi connectivity index (χ1n) is 15.4. The van der Waals surface area contributed by atoms with Crippen LogP contribution in [0, 0.1) is 0 Å². The Morgan fingerprint density at radius 2 is 1.37 bits per heavy atom. The largest absolute Gasteiger partial charge is 0.377 e. The van der Waals surface area contributed by atoms with Gasteiger partial charge in [-0.3, -0.25) is 0 Å². The molecule has 1 aromatic heterocycles. The summed E-state index contributed by atoms with van der Waals surface area (Å²) in [5.41, 5.74) is 3.49. The Hall–Kier alpha value is -3.96. The van der Waals surface area contributed by atoms with E-state index in [1.54, 1.807) is 0 Å². The van der Waals surface area contributed by atoms with Crippen LogP contribution in [0.15, 0.2) is 48.5 Å². The highest BCUT2D eigenvalue weighted by Gasteiger charge is 2.31. The van der Waals surface area contributed by atoms with Crippen LogP contribution in [-0.4, -0.2) is 97.0 Å². The standard InChI is InChI=1S/C32H43N9O2/c1-22-5-6-23(2)41(22)31-36-29(35-30(37-31)40-19-20-43-21-24(40)3)25-7-9-26(10-8-25)33-32(42)34-27-11-13-28(14-12-27)39-17-15-38(4)16-18-39/h7-14,22-24H,5-6,15-21H2,1-4H3,(H2,33,34,42)/t22-,23+,24-/m1/s1. The molecule has 3 saturated heterocycles. The van der Waals surface area contributed by atoms with Gasteiger partial charge >= 0.3 is 6.03 Å². The number of anilines is 5. The van der Waals surface area contributed by atoms with Gasteiger partial charge in [0.2, 0.25) is 11.9 Å². The van der Waals surface area contributed by atoms with Crippen LogP contribution in [0.25, 0.3) is 11.4 Å². The third kappa shape index (κ3) is 6.67. The van der Waals surface area contributed by atoms with Gasteiger partial charge in [-0.05, 0) is 89.2 Å². The summed E-state index contributed by atoms with van der Waals surface area (Å²) in [7, 11) is 2.15. The monoisotopic (exact) mass is 585 g/mol. The van der Waals surface area contributed by atoms with Crippen molar-refractivity contribution in [3.8, 4) is 11.4 Å². The molecule has 6 rings (SSSR count). The third-order valence-electron chi connectivity index (χ3n) is 8.81. The fourth-order valence-corrected chi connectivity index (χ4v) is 6.16. The van der Waals surface area contributed by atoms with Gasteiger partial charge in [0.25, 0.3) is 0 Å². The number of hydrogen-bond acceptors (Lipinski definition) is 9. The zero-order chi connectivity index (χ0) is 29.9. The van der Waals surface area contributed by atoms with Crippen molar-refractivity contribution in [2.24, 2.45) is 0 Å². The number of morpholine rings is 1. The Morgan fingerprint density at radius 1 is 0.767 bits per heavy atom. The van der Waals surface area contributed by atoms with Crippen molar-refractivity contribution in [3.05, 3.63) is 48.5 Å². The van der Waals surface area contributed by atoms with Crippen LogP contribution in [0.1, 0.15) is 33.6 Å². The lowest BCUT2D eigenvalue weighted by atomic mass is 10.2. The highest BCUT2D eigenvalue weighted by Crippen LogP contribution is 2.31. The maximum absolute atomic E-state index is 12.8. The van der Waals surface area contributed by atoms with Crippen molar-refractivity contribution >= 4 is 35.0 Å². The first kappa shape index (κ1) is 29.1. The molecule has 3 atom stereocenters. The molecule has 11 nitrogen and oxygen atoms in total. The Bertz CT molecular complexity index is 1380. The molecule has 0 saturated carbocycles. The fourth-order valence-electron chi connectivity index (χ4n) is 6.16. The molecule has 3 aromatic rings. The lowest BCUT2D eigenvalue weighted by Crippen LogP contribution is -2.45. The van der Waals surface area contributed by atoms with Crippen molar-refractivity contribution in [3.63, 3.8) is 0 Å². The summed E-state index contributed by atoms with van der Waals surface area (Å²) < 4.78 is 5.66. The van der Waals surface area contributed by atoms with Crippen molar-refractivity contribution in [2.75, 3.05) is 78.3 Å². The molecule has 0 aliphatic carbocycles. The predicted octanol–water partition coefficient (Wildman–Crippen LogP) is 4.54. The maximum Gasteiger partial charge on any atom is 0.323 e. The van der Waals surface area contributed by atoms with E-state index in [2.05, 4.69) is 70.2 Å². The number of piperazine rings is 1. The molecule has 0 bridgehead atoms. The Labute approximate surface area is 254 Å². The number of hydrogen-bond donors (Lipinski definition) is 2. The van der Waals surface area contributed by atoms with Crippen molar-refractivity contribution < 1.29 is 9.53 Å². The molecular formula is C32H43N9O2. The summed E-state index contributed by atoms with van der Waals surface area (Å²) in [6.45, 7) is 12.8. The molecule has 0 radical (unpaired) electrons. The normalized spacial score (nSPS) is 23.0. The average Bonchev–Trinajstić information content (AvgIpc) is 3.35. The number of nitrogens with one attached hydrogen (secondary N) is 2. The summed E-state index contributed by atoms with van der Waals surface area (Å²) in [5.74, 6) is 2.03. The van der Waals surface area contributed by atoms with Crippen molar-refractivity contribution in [1.82, 2.24) is 19.9 Å². The number of rotatable bonds is 6. The topological polar surface area (TPSA) is 102 Å². The minimum absolute atomic E-state index is 0.179. The van der Waals surface area contributed by atoms with Gasteiger partial charge in [-0.2, -0.15) is 15.0 Å². The molecule has 43 heavy (non-hydrogen) atoms. The molecule has 228 valence electrons. The van der Waals surface area contributed by atoms with Gasteiger partial charge in [-0.25, -0.2) is 4.79 Å². The fraction of sp³-hybridized carbons (Fsp3) is 0.500. The molecule has 2 aromatic carbocycles. The second-order valence-corrected chi connectivity index (χ2v) is 12.1. The Kier molecular flexibility index (Phi) is 8.62. The van der Waals surface area contributed by atoms with Crippen LogP contribution in [0.2, 0.25) is 0 Å². The number of likely N-dealkylation sites (N-methyl/N-ethyl adjacent to an activating group) is 1. The number of aromatic nitrogens is 3. The maximum atomic E-state index is 12.8. The number of carbonyl (C=O) groups excluding carboxylic acids is 1. The van der Waals surface area contributed by atoms with E-state index in [1.807, 2.05) is 36.4 Å². The van der Waals surface area contributed by atoms with E-state index in [4.69, 9.17) is 19.7 Å². The molecule has 2 amide bonds. The number of nitrogens with zero attached hydrogens (tertiary/aromatic N) is 7. The zero-order valence-electron chi connectivity index (χ0n) is 25.7. The summed E-state index contributed by atoms with van der Waals surface area (Å²) in [5, 5.41) is 5.88. The van der Waals surface area contributed by atoms with Crippen LogP contribution < -0.4 is 25.3 Å². The van der Waals surface area contributed by atoms with E-state index in [-0.39, 0.29) is 12.1 Å². The predicted molar refractivity (Wildman–Crippen MR) is 172 cm³/mol. The highest BCUT2D eigenvalue weighted by molar-refractivity contribution is 5.99. The number of benzene rings is 2. The second-order valence-electron chi connectivity index (χ2n) is 12.1. The number of amides is 2. The lowest BCUT2D eigenvalue weighted by Gasteiger charge is -2.34. The highest BCUT2D eigenvalue weighted by atomic mass is 16.5. The number of carbonyl (C=O) groups is 1. The summed E-state index contributed by atoms with van der Waals surface area (Å²) >= 11 is 0. The smallest absolute Gasteiger partial charge is 0.323 e. The number of urea groups is 1. The van der Waals surface area contributed by atoms with E-state index < -0.39 is 0 Å².